The van der Waals surface area contributed by atoms with Gasteiger partial charge in [-0.15, -0.1) is 0 Å². The highest BCUT2D eigenvalue weighted by Gasteiger charge is 1.64. The zero-order valence-corrected chi connectivity index (χ0v) is 4.28. The van der Waals surface area contributed by atoms with Gasteiger partial charge in [-0.2, -0.15) is 0 Å². The summed E-state index contributed by atoms with van der Waals surface area (Å²) in [7, 11) is 0. The van der Waals surface area contributed by atoms with E-state index in [2.05, 4.69) is 19.9 Å². The minimum absolute atomic E-state index is 1.17. The number of rotatable bonds is 2. The lowest BCUT2D eigenvalue weighted by Crippen LogP contribution is -1.55. The molecule has 0 aromatic heterocycles. The molecule has 0 aliphatic carbocycles. The van der Waals surface area contributed by atoms with Crippen molar-refractivity contribution in [2.24, 2.45) is 0 Å². The smallest absolute Gasteiger partial charge is 0.0316 e. The molecular formula is C6H11. The Balaban J connectivity index is 2.66. The van der Waals surface area contributed by atoms with Crippen LogP contribution in [0.2, 0.25) is 0 Å². The fourth-order valence-electron chi connectivity index (χ4n) is 0.285. The predicted octanol–water partition coefficient (Wildman–Crippen LogP) is 2.18. The van der Waals surface area contributed by atoms with Crippen LogP contribution in [0.15, 0.2) is 12.2 Å². The molecule has 35 valence electrons. The molecule has 0 heterocycles. The van der Waals surface area contributed by atoms with Crippen molar-refractivity contribution in [1.29, 1.82) is 0 Å². The van der Waals surface area contributed by atoms with Gasteiger partial charge in [0, 0.05) is 0 Å². The summed E-state index contributed by atoms with van der Waals surface area (Å²) < 4.78 is 0. The van der Waals surface area contributed by atoms with Gasteiger partial charge in [-0.1, -0.05) is 25.5 Å². The second-order valence-corrected chi connectivity index (χ2v) is 1.26. The molecule has 1 radical (unpaired) electrons. The Bertz CT molecular complexity index is 35.3. The van der Waals surface area contributed by atoms with E-state index < -0.39 is 0 Å². The standard InChI is InChI=1S/C6H11/c1-3-5-6-4-2/h3,5H,1,4,6H2,2H3/b5-3-. The van der Waals surface area contributed by atoms with Crippen LogP contribution in [0.1, 0.15) is 19.8 Å². The molecule has 0 saturated heterocycles. The molecule has 0 spiro atoms. The predicted molar refractivity (Wildman–Crippen MR) is 29.4 cm³/mol. The van der Waals surface area contributed by atoms with Gasteiger partial charge in [0.2, 0.25) is 0 Å². The quantitative estimate of drug-likeness (QED) is 0.480. The van der Waals surface area contributed by atoms with Crippen LogP contribution in [0.4, 0.5) is 0 Å². The van der Waals surface area contributed by atoms with Crippen molar-refractivity contribution >= 4 is 0 Å². The highest BCUT2D eigenvalue weighted by molar-refractivity contribution is 4.82. The number of hydrogen-bond donors (Lipinski definition) is 0. The first-order valence-electron chi connectivity index (χ1n) is 2.36. The monoisotopic (exact) mass is 83.1 g/mol. The Morgan fingerprint density at radius 1 is 1.67 bits per heavy atom. The minimum Gasteiger partial charge on any atom is -0.0885 e. The lowest BCUT2D eigenvalue weighted by atomic mass is 10.3. The van der Waals surface area contributed by atoms with Gasteiger partial charge in [-0.3, -0.25) is 0 Å². The minimum atomic E-state index is 1.17. The van der Waals surface area contributed by atoms with Crippen molar-refractivity contribution < 1.29 is 0 Å². The molecule has 0 saturated carbocycles. The Labute approximate surface area is 39.9 Å². The van der Waals surface area contributed by atoms with Gasteiger partial charge in [-0.05, 0) is 13.3 Å². The zero-order chi connectivity index (χ0) is 4.83. The molecule has 0 aliphatic rings. The normalized spacial score (nSPS) is 10.3. The van der Waals surface area contributed by atoms with Crippen LogP contribution in [0.25, 0.3) is 0 Å². The highest BCUT2D eigenvalue weighted by atomic mass is 13.7. The molecule has 0 N–H and O–H groups in total. The van der Waals surface area contributed by atoms with Crippen molar-refractivity contribution in [3.8, 4) is 0 Å². The highest BCUT2D eigenvalue weighted by Crippen LogP contribution is 1.85. The molecule has 0 rings (SSSR count). The molecule has 0 aliphatic heterocycles. The van der Waals surface area contributed by atoms with Crippen molar-refractivity contribution in [1.82, 2.24) is 0 Å². The fourth-order valence-corrected chi connectivity index (χ4v) is 0.285. The van der Waals surface area contributed by atoms with Crippen LogP contribution in [-0.4, -0.2) is 0 Å². The molecule has 0 aromatic carbocycles. The first-order chi connectivity index (χ1) is 2.91. The fraction of sp³-hybridized carbons (Fsp3) is 0.500. The molecule has 0 nitrogen and oxygen atoms in total. The largest absolute Gasteiger partial charge is 0.0885 e. The van der Waals surface area contributed by atoms with E-state index in [1.165, 1.54) is 12.8 Å². The summed E-state index contributed by atoms with van der Waals surface area (Å²) in [4.78, 5) is 0. The van der Waals surface area contributed by atoms with E-state index in [0.29, 0.717) is 0 Å². The SMILES string of the molecule is [CH2]/C=C\CCC. The third-order valence-corrected chi connectivity index (χ3v) is 0.622. The van der Waals surface area contributed by atoms with Gasteiger partial charge >= 0.3 is 0 Å². The molecule has 0 bridgehead atoms. The Morgan fingerprint density at radius 3 is 2.50 bits per heavy atom. The summed E-state index contributed by atoms with van der Waals surface area (Å²) in [5.74, 6) is 0. The van der Waals surface area contributed by atoms with Gasteiger partial charge in [0.05, 0.1) is 0 Å². The molecular weight excluding hydrogens is 72.1 g/mol. The van der Waals surface area contributed by atoms with Crippen LogP contribution < -0.4 is 0 Å². The summed E-state index contributed by atoms with van der Waals surface area (Å²) in [6, 6.07) is 0. The van der Waals surface area contributed by atoms with Crippen LogP contribution in [0, 0.1) is 6.92 Å². The first kappa shape index (κ1) is 5.74. The Hall–Kier alpha value is -0.260. The molecule has 0 aromatic rings. The average molecular weight is 83.2 g/mol. The number of hydrogen-bond acceptors (Lipinski definition) is 0. The molecule has 6 heavy (non-hydrogen) atoms. The van der Waals surface area contributed by atoms with E-state index in [1.807, 2.05) is 6.08 Å². The maximum Gasteiger partial charge on any atom is -0.0316 e. The molecule has 0 amide bonds. The van der Waals surface area contributed by atoms with Crippen LogP contribution >= 0.6 is 0 Å². The lowest BCUT2D eigenvalue weighted by Gasteiger charge is -1.76. The van der Waals surface area contributed by atoms with Crippen molar-refractivity contribution in [3.05, 3.63) is 19.1 Å². The molecule has 0 fully saturated rings. The Morgan fingerprint density at radius 2 is 2.33 bits per heavy atom. The molecule has 0 atom stereocenters. The third-order valence-electron chi connectivity index (χ3n) is 0.622. The summed E-state index contributed by atoms with van der Waals surface area (Å²) in [6.07, 6.45) is 6.30. The van der Waals surface area contributed by atoms with E-state index in [0.717, 1.165) is 0 Å². The summed E-state index contributed by atoms with van der Waals surface area (Å²) >= 11 is 0. The maximum atomic E-state index is 3.54. The van der Waals surface area contributed by atoms with E-state index in [4.69, 9.17) is 0 Å². The van der Waals surface area contributed by atoms with Crippen molar-refractivity contribution in [2.75, 3.05) is 0 Å². The molecule has 0 unspecified atom stereocenters. The molecule has 0 heteroatoms. The van der Waals surface area contributed by atoms with Gasteiger partial charge in [0.25, 0.3) is 0 Å². The lowest BCUT2D eigenvalue weighted by molar-refractivity contribution is 0.959. The van der Waals surface area contributed by atoms with Gasteiger partial charge < -0.3 is 0 Å². The van der Waals surface area contributed by atoms with Crippen LogP contribution in [0.5, 0.6) is 0 Å². The maximum absolute atomic E-state index is 3.54. The van der Waals surface area contributed by atoms with Crippen LogP contribution in [-0.2, 0) is 0 Å². The van der Waals surface area contributed by atoms with Crippen molar-refractivity contribution in [3.63, 3.8) is 0 Å². The van der Waals surface area contributed by atoms with E-state index in [1.54, 1.807) is 0 Å². The zero-order valence-electron chi connectivity index (χ0n) is 4.28. The van der Waals surface area contributed by atoms with Crippen LogP contribution in [0.3, 0.4) is 0 Å². The third kappa shape index (κ3) is 3.74. The second-order valence-electron chi connectivity index (χ2n) is 1.26. The van der Waals surface area contributed by atoms with Gasteiger partial charge in [-0.25, -0.2) is 0 Å². The summed E-state index contributed by atoms with van der Waals surface area (Å²) in [6.45, 7) is 5.70. The summed E-state index contributed by atoms with van der Waals surface area (Å²) in [5.41, 5.74) is 0. The summed E-state index contributed by atoms with van der Waals surface area (Å²) in [5, 5.41) is 0. The number of unbranched alkanes of at least 4 members (excludes halogenated alkanes) is 1. The topological polar surface area (TPSA) is 0 Å². The average Bonchev–Trinajstić information content (AvgIpc) is 1.61. The Kier molecular flexibility index (Phi) is 4.53. The first-order valence-corrected chi connectivity index (χ1v) is 2.36. The van der Waals surface area contributed by atoms with Gasteiger partial charge in [0.1, 0.15) is 0 Å². The van der Waals surface area contributed by atoms with E-state index in [-0.39, 0.29) is 0 Å². The van der Waals surface area contributed by atoms with Crippen molar-refractivity contribution in [2.45, 2.75) is 19.8 Å². The van der Waals surface area contributed by atoms with E-state index >= 15 is 0 Å². The second kappa shape index (κ2) is 4.74. The van der Waals surface area contributed by atoms with Gasteiger partial charge in [0.15, 0.2) is 0 Å². The van der Waals surface area contributed by atoms with E-state index in [9.17, 15) is 0 Å². The number of allylic oxidation sites excluding steroid dienone is 2.